The van der Waals surface area contributed by atoms with Gasteiger partial charge in [0.1, 0.15) is 39.3 Å². The molecule has 1 atom stereocenters. The van der Waals surface area contributed by atoms with Gasteiger partial charge in [0.15, 0.2) is 11.3 Å². The molecule has 3 aromatic carbocycles. The second-order valence-electron chi connectivity index (χ2n) is 15.4. The maximum atomic E-state index is 12.2. The molecule has 5 aromatic rings. The van der Waals surface area contributed by atoms with Crippen molar-refractivity contribution in [3.8, 4) is 23.4 Å². The van der Waals surface area contributed by atoms with E-state index in [4.69, 9.17) is 9.47 Å². The second-order valence-corrected chi connectivity index (χ2v) is 21.8. The number of aromatic nitrogens is 2. The highest BCUT2D eigenvalue weighted by Crippen LogP contribution is 2.43. The highest BCUT2D eigenvalue weighted by molar-refractivity contribution is 7.87. The number of aromatic hydroxyl groups is 1. The van der Waals surface area contributed by atoms with Gasteiger partial charge < -0.3 is 14.6 Å². The molecular weight excluding hydrogens is 987 g/mol. The maximum Gasteiger partial charge on any atom is 0.294 e. The van der Waals surface area contributed by atoms with E-state index in [1.54, 1.807) is 13.8 Å². The van der Waals surface area contributed by atoms with Crippen LogP contribution in [0, 0.1) is 32.1 Å². The fraction of sp³-hybridized carbons (Fsp3) is 0.268. The predicted octanol–water partition coefficient (Wildman–Crippen LogP) is 8.33. The molecule has 2 heterocycles. The van der Waals surface area contributed by atoms with Crippen molar-refractivity contribution in [1.29, 1.82) is 5.26 Å². The monoisotopic (exact) mass is 1030 g/mol. The van der Waals surface area contributed by atoms with Crippen LogP contribution in [-0.4, -0.2) is 95.8 Å². The van der Waals surface area contributed by atoms with E-state index >= 15 is 0 Å². The van der Waals surface area contributed by atoms with Crippen molar-refractivity contribution >= 4 is 92.4 Å². The molecule has 0 saturated heterocycles. The summed E-state index contributed by atoms with van der Waals surface area (Å²) >= 11 is 0. The molecule has 5 N–H and O–H groups in total. The predicted molar refractivity (Wildman–Crippen MR) is 249 cm³/mol. The number of nitriles is 1. The molecule has 0 saturated carbocycles. The minimum atomic E-state index is -4.63. The molecule has 24 nitrogen and oxygen atoms in total. The van der Waals surface area contributed by atoms with E-state index in [2.05, 4.69) is 35.7 Å². The zero-order chi connectivity index (χ0) is 50.7. The Balaban J connectivity index is 1.39. The third-order valence-electron chi connectivity index (χ3n) is 10.2. The molecule has 6 rings (SSSR count). The summed E-state index contributed by atoms with van der Waals surface area (Å²) < 4.78 is 142. The summed E-state index contributed by atoms with van der Waals surface area (Å²) in [5, 5.41) is 47.5. The van der Waals surface area contributed by atoms with Crippen LogP contribution in [0.1, 0.15) is 53.4 Å². The van der Waals surface area contributed by atoms with Crippen molar-refractivity contribution in [3.05, 3.63) is 94.3 Å². The third-order valence-corrected chi connectivity index (χ3v) is 14.1. The van der Waals surface area contributed by atoms with Gasteiger partial charge in [-0.2, -0.15) is 54.3 Å². The quantitative estimate of drug-likeness (QED) is 0.0312. The molecule has 28 heteroatoms. The Morgan fingerprint density at radius 3 is 1.68 bits per heavy atom. The number of ether oxygens (including phenoxy) is 2. The average Bonchev–Trinajstić information content (AvgIpc) is 3.53. The molecule has 69 heavy (non-hydrogen) atoms. The number of rotatable bonds is 18. The molecule has 0 bridgehead atoms. The minimum absolute atomic E-state index is 0.0102. The zero-order valence-electron chi connectivity index (χ0n) is 36.6. The lowest BCUT2D eigenvalue weighted by atomic mass is 10.1. The van der Waals surface area contributed by atoms with Gasteiger partial charge in [0.25, 0.3) is 40.5 Å². The van der Waals surface area contributed by atoms with E-state index in [9.17, 15) is 62.3 Å². The number of hydrogen-bond donors (Lipinski definition) is 5. The Bertz CT molecular complexity index is 3530. The first kappa shape index (κ1) is 51.5. The molecule has 0 amide bonds. The normalized spacial score (nSPS) is 15.6. The molecule has 1 aliphatic carbocycles. The number of aryl methyl sites for hydroxylation is 2. The Labute approximate surface area is 395 Å². The van der Waals surface area contributed by atoms with Gasteiger partial charge >= 0.3 is 0 Å². The van der Waals surface area contributed by atoms with Crippen LogP contribution in [-0.2, 0) is 40.5 Å². The number of hydrogen-bond acceptors (Lipinski definition) is 19. The van der Waals surface area contributed by atoms with E-state index in [1.807, 2.05) is 6.07 Å². The molecule has 1 unspecified atom stereocenters. The Morgan fingerprint density at radius 2 is 1.19 bits per heavy atom. The lowest BCUT2D eigenvalue weighted by Gasteiger charge is -2.16. The first-order valence-corrected chi connectivity index (χ1v) is 26.1. The highest BCUT2D eigenvalue weighted by atomic mass is 32.2. The van der Waals surface area contributed by atoms with E-state index in [1.165, 1.54) is 79.0 Å². The summed E-state index contributed by atoms with van der Waals surface area (Å²) in [6, 6.07) is 12.8. The summed E-state index contributed by atoms with van der Waals surface area (Å²) in [5.74, 6) is -1.77. The van der Waals surface area contributed by atoms with E-state index < -0.39 is 62.6 Å². The summed E-state index contributed by atoms with van der Waals surface area (Å²) in [6.45, 7) is 5.56. The topological polar surface area (TPSA) is 371 Å². The summed E-state index contributed by atoms with van der Waals surface area (Å²) in [4.78, 5) is 4.09. The summed E-state index contributed by atoms with van der Waals surface area (Å²) in [7, 11) is -17.7. The van der Waals surface area contributed by atoms with Gasteiger partial charge in [-0.1, -0.05) is 12.2 Å². The Morgan fingerprint density at radius 1 is 0.696 bits per heavy atom. The molecule has 2 aromatic heterocycles. The number of imidazole rings is 1. The van der Waals surface area contributed by atoms with Crippen molar-refractivity contribution in [2.24, 2.45) is 30.7 Å². The third kappa shape index (κ3) is 12.4. The smallest absolute Gasteiger partial charge is 0.294 e. The van der Waals surface area contributed by atoms with Crippen molar-refractivity contribution in [3.63, 3.8) is 0 Å². The summed E-state index contributed by atoms with van der Waals surface area (Å²) in [5.41, 5.74) is 2.00. The molecule has 0 spiro atoms. The molecule has 0 aliphatic heterocycles. The molecule has 1 aliphatic rings. The number of pyridine rings is 1. The van der Waals surface area contributed by atoms with E-state index in [-0.39, 0.29) is 105 Å². The van der Waals surface area contributed by atoms with Crippen LogP contribution in [0.3, 0.4) is 0 Å². The van der Waals surface area contributed by atoms with E-state index in [0.29, 0.717) is 11.1 Å². The van der Waals surface area contributed by atoms with Crippen LogP contribution in [0.2, 0.25) is 0 Å². The minimum Gasteiger partial charge on any atom is -0.493 e. The van der Waals surface area contributed by atoms with Gasteiger partial charge in [0.2, 0.25) is 5.88 Å². The van der Waals surface area contributed by atoms with Crippen molar-refractivity contribution in [2.75, 3.05) is 24.7 Å². The number of nitrogens with zero attached hydrogens (tertiary/aromatic N) is 9. The standard InChI is InChI=1S/C41H41N9O15S4/c1-24-19-33(36(64-15-5-17-66(52,53)54)21-31(24)45-44-27-7-9-28(10-8-27)68(58,59)60)47-46-32-22-37(65-16-6-18-67(55,56)57)34(20-25(32)2)48-49-38-26(3)29(23-42)39-43-30-11-13-41(4,69(61,62)63)14-12-35(30)50(39)40(38)51/h7-14,19-22,51H,5-6,15-18H2,1-4H3,(H,52,53,54)(H,55,56,57)(H,58,59,60)(H,61,62,63). The lowest BCUT2D eigenvalue weighted by molar-refractivity contribution is 0.317. The maximum absolute atomic E-state index is 12.2. The Hall–Kier alpha value is -6.84. The van der Waals surface area contributed by atoms with Gasteiger partial charge in [0.05, 0.1) is 58.1 Å². The largest absolute Gasteiger partial charge is 0.493 e. The van der Waals surface area contributed by atoms with Crippen LogP contribution in [0.4, 0.5) is 34.1 Å². The second kappa shape index (κ2) is 20.0. The van der Waals surface area contributed by atoms with Gasteiger partial charge in [-0.15, -0.1) is 15.3 Å². The van der Waals surface area contributed by atoms with Crippen molar-refractivity contribution in [1.82, 2.24) is 9.38 Å². The molecular formula is C41H41N9O15S4. The Kier molecular flexibility index (Phi) is 15.0. The fourth-order valence-corrected chi connectivity index (χ4v) is 8.35. The van der Waals surface area contributed by atoms with Crippen LogP contribution in [0.25, 0.3) is 17.8 Å². The summed E-state index contributed by atoms with van der Waals surface area (Å²) in [6.07, 6.45) is 4.75. The molecule has 364 valence electrons. The van der Waals surface area contributed by atoms with Gasteiger partial charge in [0, 0.05) is 17.7 Å². The first-order chi connectivity index (χ1) is 32.2. The number of benzene rings is 3. The highest BCUT2D eigenvalue weighted by Gasteiger charge is 2.35. The van der Waals surface area contributed by atoms with Crippen LogP contribution in [0.5, 0.6) is 17.4 Å². The van der Waals surface area contributed by atoms with E-state index in [0.717, 1.165) is 12.1 Å². The van der Waals surface area contributed by atoms with Crippen LogP contribution < -0.4 is 9.47 Å². The molecule has 0 radical (unpaired) electrons. The lowest BCUT2D eigenvalue weighted by Crippen LogP contribution is -2.29. The van der Waals surface area contributed by atoms with Gasteiger partial charge in [-0.25, -0.2) is 4.98 Å². The van der Waals surface area contributed by atoms with Crippen molar-refractivity contribution < 1.29 is 66.5 Å². The SMILES string of the molecule is Cc1cc(N=Nc2cc(OCCCS(=O)(=O)O)c(N=Nc3c(C)c(C#N)c4nc5c(n4c3O)C=CC(C)(S(=O)(=O)O)C=C5)cc2C)c(OCCCS(=O)(=O)O)cc1N=Nc1ccc(S(=O)(=O)O)cc1. The number of azo groups is 3. The molecule has 0 fully saturated rings. The van der Waals surface area contributed by atoms with Crippen LogP contribution >= 0.6 is 0 Å². The zero-order valence-corrected chi connectivity index (χ0v) is 39.9. The van der Waals surface area contributed by atoms with Gasteiger partial charge in [-0.05, 0) is 100 Å². The van der Waals surface area contributed by atoms with Gasteiger partial charge in [-0.3, -0.25) is 22.6 Å². The van der Waals surface area contributed by atoms with Crippen LogP contribution in [0.15, 0.2) is 96.3 Å². The first-order valence-electron chi connectivity index (χ1n) is 20.0. The number of fused-ring (bicyclic) bond motifs is 3. The average molecular weight is 1030 g/mol. The fourth-order valence-electron chi connectivity index (χ4n) is 6.43. The van der Waals surface area contributed by atoms with Crippen molar-refractivity contribution in [2.45, 2.75) is 50.2 Å².